The van der Waals surface area contributed by atoms with Gasteiger partial charge in [0.2, 0.25) is 0 Å². The van der Waals surface area contributed by atoms with Gasteiger partial charge in [0.25, 0.3) is 0 Å². The summed E-state index contributed by atoms with van der Waals surface area (Å²) < 4.78 is 0. The van der Waals surface area contributed by atoms with Crippen LogP contribution in [0.2, 0.25) is 0 Å². The van der Waals surface area contributed by atoms with Crippen molar-refractivity contribution in [1.29, 1.82) is 0 Å². The lowest BCUT2D eigenvalue weighted by atomic mass is 9.99. The summed E-state index contributed by atoms with van der Waals surface area (Å²) in [5.41, 5.74) is 9.03. The number of hydrogen-bond donors (Lipinski definition) is 1. The molecule has 1 aromatic rings. The fourth-order valence-electron chi connectivity index (χ4n) is 2.83. The molecule has 1 heterocycles. The van der Waals surface area contributed by atoms with Gasteiger partial charge in [-0.1, -0.05) is 51.0 Å². The average Bonchev–Trinajstić information content (AvgIpc) is 2.67. The molecule has 2 nitrogen and oxygen atoms in total. The zero-order chi connectivity index (χ0) is 13.7. The maximum Gasteiger partial charge on any atom is 0.0424 e. The Morgan fingerprint density at radius 3 is 2.00 bits per heavy atom. The molecule has 0 radical (unpaired) electrons. The topological polar surface area (TPSA) is 29.3 Å². The summed E-state index contributed by atoms with van der Waals surface area (Å²) in [7, 11) is 0. The minimum Gasteiger partial charge on any atom is -0.323 e. The molecule has 0 aliphatic carbocycles. The molecular formula is C17H28N2. The Morgan fingerprint density at radius 1 is 0.947 bits per heavy atom. The van der Waals surface area contributed by atoms with Crippen molar-refractivity contribution in [3.63, 3.8) is 0 Å². The molecule has 1 atom stereocenters. The van der Waals surface area contributed by atoms with Crippen LogP contribution in [0.25, 0.3) is 0 Å². The second kappa shape index (κ2) is 7.06. The van der Waals surface area contributed by atoms with Crippen LogP contribution in [0.15, 0.2) is 24.3 Å². The van der Waals surface area contributed by atoms with Gasteiger partial charge in [0.15, 0.2) is 0 Å². The van der Waals surface area contributed by atoms with Crippen LogP contribution in [0.4, 0.5) is 0 Å². The quantitative estimate of drug-likeness (QED) is 0.894. The van der Waals surface area contributed by atoms with Gasteiger partial charge in [-0.15, -0.1) is 0 Å². The van der Waals surface area contributed by atoms with E-state index >= 15 is 0 Å². The predicted octanol–water partition coefficient (Wildman–Crippen LogP) is 3.69. The summed E-state index contributed by atoms with van der Waals surface area (Å²) >= 11 is 0. The predicted molar refractivity (Wildman–Crippen MR) is 82.4 cm³/mol. The molecule has 1 aromatic carbocycles. The molecule has 1 unspecified atom stereocenters. The number of benzene rings is 1. The number of likely N-dealkylation sites (tertiary alicyclic amines) is 1. The minimum atomic E-state index is 0.152. The van der Waals surface area contributed by atoms with Crippen molar-refractivity contribution in [3.05, 3.63) is 35.4 Å². The van der Waals surface area contributed by atoms with Crippen LogP contribution < -0.4 is 5.73 Å². The second-order valence-electron chi connectivity index (χ2n) is 6.14. The van der Waals surface area contributed by atoms with Gasteiger partial charge >= 0.3 is 0 Å². The molecule has 2 heteroatoms. The van der Waals surface area contributed by atoms with E-state index in [1.165, 1.54) is 49.9 Å². The van der Waals surface area contributed by atoms with Crippen LogP contribution in [0, 0.1) is 0 Å². The van der Waals surface area contributed by atoms with Crippen molar-refractivity contribution in [2.45, 2.75) is 51.5 Å². The number of nitrogens with zero attached hydrogens (tertiary/aromatic N) is 1. The monoisotopic (exact) mass is 260 g/mol. The van der Waals surface area contributed by atoms with Crippen molar-refractivity contribution >= 4 is 0 Å². The lowest BCUT2D eigenvalue weighted by molar-refractivity contribution is 0.268. The zero-order valence-corrected chi connectivity index (χ0v) is 12.4. The lowest BCUT2D eigenvalue weighted by Crippen LogP contribution is -2.32. The molecular weight excluding hydrogens is 232 g/mol. The molecule has 0 amide bonds. The first-order chi connectivity index (χ1) is 9.16. The summed E-state index contributed by atoms with van der Waals surface area (Å²) in [4.78, 5) is 2.54. The molecule has 106 valence electrons. The third-order valence-electron chi connectivity index (χ3n) is 4.18. The third kappa shape index (κ3) is 4.32. The SMILES string of the molecule is CC(C)c1ccc(C(N)CN2CCCCCC2)cc1. The Hall–Kier alpha value is -0.860. The van der Waals surface area contributed by atoms with Crippen molar-refractivity contribution in [1.82, 2.24) is 4.90 Å². The van der Waals surface area contributed by atoms with Crippen molar-refractivity contribution in [2.75, 3.05) is 19.6 Å². The summed E-state index contributed by atoms with van der Waals surface area (Å²) in [6, 6.07) is 9.01. The van der Waals surface area contributed by atoms with E-state index in [-0.39, 0.29) is 6.04 Å². The molecule has 19 heavy (non-hydrogen) atoms. The Balaban J connectivity index is 1.92. The van der Waals surface area contributed by atoms with Gasteiger partial charge < -0.3 is 10.6 Å². The van der Waals surface area contributed by atoms with Crippen LogP contribution in [-0.2, 0) is 0 Å². The zero-order valence-electron chi connectivity index (χ0n) is 12.4. The van der Waals surface area contributed by atoms with Crippen molar-refractivity contribution < 1.29 is 0 Å². The van der Waals surface area contributed by atoms with E-state index < -0.39 is 0 Å². The number of nitrogens with two attached hydrogens (primary N) is 1. The van der Waals surface area contributed by atoms with E-state index in [0.29, 0.717) is 5.92 Å². The Morgan fingerprint density at radius 2 is 1.47 bits per heavy atom. The van der Waals surface area contributed by atoms with E-state index in [9.17, 15) is 0 Å². The fraction of sp³-hybridized carbons (Fsp3) is 0.647. The van der Waals surface area contributed by atoms with Gasteiger partial charge in [-0.25, -0.2) is 0 Å². The number of hydrogen-bond acceptors (Lipinski definition) is 2. The Bertz CT molecular complexity index is 361. The summed E-state index contributed by atoms with van der Waals surface area (Å²) in [6.07, 6.45) is 5.43. The van der Waals surface area contributed by atoms with Crippen LogP contribution >= 0.6 is 0 Å². The first-order valence-electron chi connectivity index (χ1n) is 7.74. The van der Waals surface area contributed by atoms with E-state index in [4.69, 9.17) is 5.73 Å². The van der Waals surface area contributed by atoms with Crippen molar-refractivity contribution in [3.8, 4) is 0 Å². The van der Waals surface area contributed by atoms with Crippen LogP contribution in [0.5, 0.6) is 0 Å². The van der Waals surface area contributed by atoms with Gasteiger partial charge in [-0.3, -0.25) is 0 Å². The molecule has 1 aliphatic rings. The standard InChI is InChI=1S/C17H28N2/c1-14(2)15-7-9-16(10-8-15)17(18)13-19-11-5-3-4-6-12-19/h7-10,14,17H,3-6,11-13,18H2,1-2H3. The molecule has 2 N–H and O–H groups in total. The van der Waals surface area contributed by atoms with Crippen molar-refractivity contribution in [2.24, 2.45) is 5.73 Å². The van der Waals surface area contributed by atoms with E-state index in [1.807, 2.05) is 0 Å². The van der Waals surface area contributed by atoms with E-state index in [2.05, 4.69) is 43.0 Å². The van der Waals surface area contributed by atoms with Gasteiger partial charge in [0, 0.05) is 12.6 Å². The summed E-state index contributed by atoms with van der Waals surface area (Å²) in [5.74, 6) is 0.593. The Kier molecular flexibility index (Phi) is 5.41. The molecule has 1 aliphatic heterocycles. The first kappa shape index (κ1) is 14.5. The minimum absolute atomic E-state index is 0.152. The summed E-state index contributed by atoms with van der Waals surface area (Å²) in [5, 5.41) is 0. The Labute approximate surface area is 118 Å². The average molecular weight is 260 g/mol. The molecule has 0 spiro atoms. The van der Waals surface area contributed by atoms with Gasteiger partial charge in [0.1, 0.15) is 0 Å². The van der Waals surface area contributed by atoms with Crippen LogP contribution in [0.1, 0.15) is 62.6 Å². The first-order valence-corrected chi connectivity index (χ1v) is 7.74. The molecule has 1 saturated heterocycles. The number of rotatable bonds is 4. The molecule has 0 saturated carbocycles. The molecule has 2 rings (SSSR count). The largest absolute Gasteiger partial charge is 0.323 e. The lowest BCUT2D eigenvalue weighted by Gasteiger charge is -2.24. The van der Waals surface area contributed by atoms with E-state index in [0.717, 1.165) is 6.54 Å². The highest BCUT2D eigenvalue weighted by Gasteiger charge is 2.14. The van der Waals surface area contributed by atoms with Gasteiger partial charge in [-0.2, -0.15) is 0 Å². The van der Waals surface area contributed by atoms with Crippen LogP contribution in [-0.4, -0.2) is 24.5 Å². The van der Waals surface area contributed by atoms with Gasteiger partial charge in [-0.05, 0) is 43.0 Å². The van der Waals surface area contributed by atoms with E-state index in [1.54, 1.807) is 0 Å². The second-order valence-corrected chi connectivity index (χ2v) is 6.14. The highest BCUT2D eigenvalue weighted by molar-refractivity contribution is 5.26. The summed E-state index contributed by atoms with van der Waals surface area (Å²) in [6.45, 7) is 7.90. The highest BCUT2D eigenvalue weighted by atomic mass is 15.1. The van der Waals surface area contributed by atoms with Crippen LogP contribution in [0.3, 0.4) is 0 Å². The molecule has 1 fully saturated rings. The highest BCUT2D eigenvalue weighted by Crippen LogP contribution is 2.19. The normalized spacial score (nSPS) is 19.4. The molecule has 0 aromatic heterocycles. The molecule has 0 bridgehead atoms. The fourth-order valence-corrected chi connectivity index (χ4v) is 2.83. The third-order valence-corrected chi connectivity index (χ3v) is 4.18. The maximum atomic E-state index is 6.36. The maximum absolute atomic E-state index is 6.36. The smallest absolute Gasteiger partial charge is 0.0424 e. The van der Waals surface area contributed by atoms with Gasteiger partial charge in [0.05, 0.1) is 0 Å².